The van der Waals surface area contributed by atoms with Crippen molar-refractivity contribution in [3.8, 4) is 16.9 Å². The van der Waals surface area contributed by atoms with Gasteiger partial charge in [0.05, 0.1) is 0 Å². The van der Waals surface area contributed by atoms with Gasteiger partial charge in [-0.3, -0.25) is 9.78 Å². The number of hydrogen-bond acceptors (Lipinski definition) is 5. The number of aldehydes is 1. The van der Waals surface area contributed by atoms with Gasteiger partial charge in [0.15, 0.2) is 6.29 Å². The molecule has 0 saturated heterocycles. The van der Waals surface area contributed by atoms with Gasteiger partial charge in [0.25, 0.3) is 0 Å². The fraction of sp³-hybridized carbons (Fsp3) is 0.0769. The van der Waals surface area contributed by atoms with Gasteiger partial charge in [-0.15, -0.1) is 0 Å². The number of nitrogens with zero attached hydrogens (tertiary/aromatic N) is 1. The monoisotopic (exact) mass is 331 g/mol. The van der Waals surface area contributed by atoms with Gasteiger partial charge in [-0.2, -0.15) is 21.6 Å². The van der Waals surface area contributed by atoms with Crippen molar-refractivity contribution in [1.29, 1.82) is 0 Å². The molecule has 9 heteroatoms. The van der Waals surface area contributed by atoms with Crippen molar-refractivity contribution in [2.75, 3.05) is 0 Å². The molecule has 0 unspecified atom stereocenters. The van der Waals surface area contributed by atoms with Crippen LogP contribution >= 0.6 is 0 Å². The zero-order chi connectivity index (χ0) is 16.4. The van der Waals surface area contributed by atoms with Crippen LogP contribution in [0, 0.1) is 0 Å². The number of carbonyl (C=O) groups excluding carboxylic acids is 1. The second-order valence-corrected chi connectivity index (χ2v) is 5.63. The fourth-order valence-corrected chi connectivity index (χ4v) is 2.10. The largest absolute Gasteiger partial charge is 0.534 e. The molecule has 0 spiro atoms. The lowest BCUT2D eigenvalue weighted by atomic mass is 10.0. The van der Waals surface area contributed by atoms with Crippen LogP contribution in [-0.4, -0.2) is 25.2 Å². The molecule has 0 aliphatic rings. The van der Waals surface area contributed by atoms with Crippen LogP contribution in [0.1, 0.15) is 10.4 Å². The van der Waals surface area contributed by atoms with Gasteiger partial charge in [0.2, 0.25) is 0 Å². The SMILES string of the molecule is O=Cc1cc(OS(=O)(=O)C(F)(F)F)ccc1-c1cccnc1. The molecule has 0 fully saturated rings. The maximum atomic E-state index is 12.3. The minimum absolute atomic E-state index is 0.0251. The molecular formula is C13H8F3NO4S. The minimum atomic E-state index is -5.78. The molecule has 1 aromatic heterocycles. The maximum absolute atomic E-state index is 12.3. The van der Waals surface area contributed by atoms with E-state index >= 15 is 0 Å². The van der Waals surface area contributed by atoms with E-state index in [2.05, 4.69) is 9.17 Å². The van der Waals surface area contributed by atoms with E-state index in [1.807, 2.05) is 0 Å². The Kier molecular flexibility index (Phi) is 4.18. The van der Waals surface area contributed by atoms with E-state index in [4.69, 9.17) is 0 Å². The quantitative estimate of drug-likeness (QED) is 0.489. The van der Waals surface area contributed by atoms with Gasteiger partial charge < -0.3 is 4.18 Å². The summed E-state index contributed by atoms with van der Waals surface area (Å²) in [4.78, 5) is 14.9. The highest BCUT2D eigenvalue weighted by Crippen LogP contribution is 2.30. The van der Waals surface area contributed by atoms with Gasteiger partial charge in [-0.1, -0.05) is 6.07 Å². The summed E-state index contributed by atoms with van der Waals surface area (Å²) in [7, 11) is -5.78. The molecule has 0 aliphatic carbocycles. The Morgan fingerprint density at radius 3 is 2.45 bits per heavy atom. The lowest BCUT2D eigenvalue weighted by Gasteiger charge is -2.11. The first-order valence-electron chi connectivity index (χ1n) is 5.75. The average molecular weight is 331 g/mol. The van der Waals surface area contributed by atoms with Crippen molar-refractivity contribution in [2.45, 2.75) is 5.51 Å². The van der Waals surface area contributed by atoms with E-state index in [1.54, 1.807) is 12.1 Å². The van der Waals surface area contributed by atoms with Gasteiger partial charge >= 0.3 is 15.6 Å². The molecule has 0 saturated carbocycles. The zero-order valence-corrected chi connectivity index (χ0v) is 11.6. The first-order valence-corrected chi connectivity index (χ1v) is 7.16. The van der Waals surface area contributed by atoms with Crippen LogP contribution in [0.4, 0.5) is 13.2 Å². The number of alkyl halides is 3. The molecule has 2 rings (SSSR count). The molecule has 1 heterocycles. The summed E-state index contributed by atoms with van der Waals surface area (Å²) >= 11 is 0. The standard InChI is InChI=1S/C13H8F3NO4S/c14-13(15,16)22(19,20)21-11-3-4-12(10(6-11)8-18)9-2-1-5-17-7-9/h1-8H. The third kappa shape index (κ3) is 3.25. The molecule has 0 bridgehead atoms. The first-order chi connectivity index (χ1) is 10.2. The number of pyridine rings is 1. The highest BCUT2D eigenvalue weighted by molar-refractivity contribution is 7.88. The molecule has 22 heavy (non-hydrogen) atoms. The summed E-state index contributed by atoms with van der Waals surface area (Å²) < 4.78 is 62.6. The summed E-state index contributed by atoms with van der Waals surface area (Å²) in [6.45, 7) is 0. The normalized spacial score (nSPS) is 12.0. The van der Waals surface area contributed by atoms with Gasteiger partial charge in [0.1, 0.15) is 5.75 Å². The fourth-order valence-electron chi connectivity index (χ4n) is 1.65. The zero-order valence-electron chi connectivity index (χ0n) is 10.7. The Labute approximate surface area is 123 Å². The minimum Gasteiger partial charge on any atom is -0.376 e. The van der Waals surface area contributed by atoms with E-state index in [-0.39, 0.29) is 5.56 Å². The molecule has 5 nitrogen and oxygen atoms in total. The maximum Gasteiger partial charge on any atom is 0.534 e. The van der Waals surface area contributed by atoms with Crippen LogP contribution in [0.15, 0.2) is 42.7 Å². The van der Waals surface area contributed by atoms with Gasteiger partial charge in [-0.05, 0) is 29.8 Å². The summed E-state index contributed by atoms with van der Waals surface area (Å²) in [5.41, 5.74) is -4.63. The van der Waals surface area contributed by atoms with E-state index in [1.165, 1.54) is 18.5 Å². The molecular weight excluding hydrogens is 323 g/mol. The average Bonchev–Trinajstić information content (AvgIpc) is 2.46. The Morgan fingerprint density at radius 1 is 1.18 bits per heavy atom. The number of halogens is 3. The van der Waals surface area contributed by atoms with Crippen LogP contribution in [0.5, 0.6) is 5.75 Å². The Bertz CT molecular complexity index is 789. The third-order valence-electron chi connectivity index (χ3n) is 2.61. The van der Waals surface area contributed by atoms with Crippen LogP contribution in [0.25, 0.3) is 11.1 Å². The smallest absolute Gasteiger partial charge is 0.376 e. The molecule has 0 amide bonds. The number of rotatable bonds is 4. The summed E-state index contributed by atoms with van der Waals surface area (Å²) in [6.07, 6.45) is 3.35. The summed E-state index contributed by atoms with van der Waals surface area (Å²) in [5, 5.41) is 0. The third-order valence-corrected chi connectivity index (χ3v) is 3.59. The molecule has 0 aliphatic heterocycles. The Morgan fingerprint density at radius 2 is 1.91 bits per heavy atom. The topological polar surface area (TPSA) is 73.3 Å². The van der Waals surface area contributed by atoms with E-state index in [0.717, 1.165) is 12.1 Å². The van der Waals surface area contributed by atoms with E-state index in [9.17, 15) is 26.4 Å². The second-order valence-electron chi connectivity index (χ2n) is 4.09. The molecule has 2 aromatic rings. The van der Waals surface area contributed by atoms with Crippen LogP contribution in [-0.2, 0) is 10.1 Å². The van der Waals surface area contributed by atoms with E-state index < -0.39 is 21.4 Å². The van der Waals surface area contributed by atoms with Crippen molar-refractivity contribution in [1.82, 2.24) is 4.98 Å². The molecule has 1 aromatic carbocycles. The molecule has 0 radical (unpaired) electrons. The number of aromatic nitrogens is 1. The number of benzene rings is 1. The van der Waals surface area contributed by atoms with E-state index in [0.29, 0.717) is 17.4 Å². The molecule has 116 valence electrons. The Balaban J connectivity index is 2.41. The summed E-state index contributed by atoms with van der Waals surface area (Å²) in [5.74, 6) is -0.605. The van der Waals surface area contributed by atoms with Gasteiger partial charge in [-0.25, -0.2) is 0 Å². The summed E-state index contributed by atoms with van der Waals surface area (Å²) in [6, 6.07) is 6.48. The highest BCUT2D eigenvalue weighted by Gasteiger charge is 2.48. The van der Waals surface area contributed by atoms with Crippen LogP contribution in [0.3, 0.4) is 0 Å². The number of hydrogen-bond donors (Lipinski definition) is 0. The van der Waals surface area contributed by atoms with Crippen LogP contribution in [0.2, 0.25) is 0 Å². The Hall–Kier alpha value is -2.42. The van der Waals surface area contributed by atoms with Crippen molar-refractivity contribution < 1.29 is 30.6 Å². The predicted octanol–water partition coefficient (Wildman–Crippen LogP) is 2.79. The number of carbonyl (C=O) groups is 1. The van der Waals surface area contributed by atoms with Gasteiger partial charge in [0, 0.05) is 23.5 Å². The van der Waals surface area contributed by atoms with Crippen molar-refractivity contribution in [3.05, 3.63) is 48.3 Å². The highest BCUT2D eigenvalue weighted by atomic mass is 32.2. The second kappa shape index (κ2) is 5.76. The predicted molar refractivity (Wildman–Crippen MR) is 70.7 cm³/mol. The van der Waals surface area contributed by atoms with Crippen molar-refractivity contribution in [3.63, 3.8) is 0 Å². The first kappa shape index (κ1) is 16.0. The van der Waals surface area contributed by atoms with Crippen molar-refractivity contribution >= 4 is 16.4 Å². The molecule has 0 atom stereocenters. The molecule has 0 N–H and O–H groups in total. The lowest BCUT2D eigenvalue weighted by molar-refractivity contribution is -0.0500. The van der Waals surface area contributed by atoms with Crippen molar-refractivity contribution in [2.24, 2.45) is 0 Å². The lowest BCUT2D eigenvalue weighted by Crippen LogP contribution is -2.28. The van der Waals surface area contributed by atoms with Crippen LogP contribution < -0.4 is 4.18 Å².